The second-order valence-electron chi connectivity index (χ2n) is 6.69. The average Bonchev–Trinajstić information content (AvgIpc) is 2.70. The molecule has 2 N–H and O–H groups in total. The van der Waals surface area contributed by atoms with E-state index in [1.54, 1.807) is 24.3 Å². The first-order valence-corrected chi connectivity index (χ1v) is 11.9. The van der Waals surface area contributed by atoms with E-state index in [9.17, 15) is 13.2 Å². The molecule has 2 aromatic carbocycles. The molecule has 0 aliphatic rings. The van der Waals surface area contributed by atoms with Crippen molar-refractivity contribution in [1.29, 1.82) is 0 Å². The molecular weight excluding hydrogens is 456 g/mol. The van der Waals surface area contributed by atoms with Crippen LogP contribution in [-0.2, 0) is 14.8 Å². The van der Waals surface area contributed by atoms with Gasteiger partial charge in [0.15, 0.2) is 0 Å². The van der Waals surface area contributed by atoms with Gasteiger partial charge in [-0.25, -0.2) is 8.42 Å². The van der Waals surface area contributed by atoms with Crippen LogP contribution in [-0.4, -0.2) is 34.1 Å². The maximum atomic E-state index is 12.7. The number of hydrogen-bond acceptors (Lipinski definition) is 4. The molecule has 0 bridgehead atoms. The molecule has 0 aliphatic carbocycles. The van der Waals surface area contributed by atoms with Crippen LogP contribution in [0.3, 0.4) is 0 Å². The van der Waals surface area contributed by atoms with Crippen molar-refractivity contribution in [2.75, 3.05) is 24.5 Å². The zero-order chi connectivity index (χ0) is 21.3. The Morgan fingerprint density at radius 1 is 1.10 bits per heavy atom. The number of carbonyl (C=O) groups excluding carboxylic acids is 1. The fourth-order valence-electron chi connectivity index (χ4n) is 2.55. The number of amides is 1. The highest BCUT2D eigenvalue weighted by Gasteiger charge is 2.17. The van der Waals surface area contributed by atoms with Crippen LogP contribution < -0.4 is 10.0 Å². The van der Waals surface area contributed by atoms with Crippen LogP contribution in [0.25, 0.3) is 0 Å². The third-order valence-corrected chi connectivity index (χ3v) is 6.22. The highest BCUT2D eigenvalue weighted by atomic mass is 79.9. The predicted octanol–water partition coefficient (Wildman–Crippen LogP) is 4.49. The summed E-state index contributed by atoms with van der Waals surface area (Å²) in [6.07, 6.45) is 2.82. The van der Waals surface area contributed by atoms with Gasteiger partial charge in [0.25, 0.3) is 15.9 Å². The molecule has 2 rings (SSSR count). The predicted molar refractivity (Wildman–Crippen MR) is 119 cm³/mol. The Labute approximate surface area is 181 Å². The van der Waals surface area contributed by atoms with Crippen molar-refractivity contribution < 1.29 is 17.9 Å². The molecule has 8 heteroatoms. The minimum atomic E-state index is -3.83. The first-order chi connectivity index (χ1) is 13.8. The highest BCUT2D eigenvalue weighted by molar-refractivity contribution is 9.10. The summed E-state index contributed by atoms with van der Waals surface area (Å²) >= 11 is 3.35. The molecular formula is C21H27BrN2O4S. The molecule has 0 aliphatic heterocycles. The molecule has 0 fully saturated rings. The summed E-state index contributed by atoms with van der Waals surface area (Å²) in [5.41, 5.74) is 1.67. The van der Waals surface area contributed by atoms with E-state index in [1.807, 2.05) is 13.0 Å². The number of nitrogens with one attached hydrogen (secondary N) is 2. The van der Waals surface area contributed by atoms with E-state index < -0.39 is 10.0 Å². The first-order valence-electron chi connectivity index (χ1n) is 9.58. The van der Waals surface area contributed by atoms with Crippen LogP contribution >= 0.6 is 15.9 Å². The van der Waals surface area contributed by atoms with Crippen molar-refractivity contribution in [3.8, 4) is 0 Å². The lowest BCUT2D eigenvalue weighted by Crippen LogP contribution is -2.25. The molecule has 0 unspecified atom stereocenters. The number of benzene rings is 2. The lowest BCUT2D eigenvalue weighted by Gasteiger charge is -2.12. The number of halogens is 1. The largest absolute Gasteiger partial charge is 0.381 e. The standard InChI is InChI=1S/C21H27BrN2O4S/c1-3-4-12-28-13-6-11-23-21(25)17-7-5-8-18(15-17)29(26,27)24-20-14-16(2)9-10-19(20)22/h5,7-10,14-15,24H,3-4,6,11-13H2,1-2H3,(H,23,25). The molecule has 29 heavy (non-hydrogen) atoms. The van der Waals surface area contributed by atoms with E-state index in [1.165, 1.54) is 12.1 Å². The van der Waals surface area contributed by atoms with Crippen molar-refractivity contribution >= 4 is 37.5 Å². The fourth-order valence-corrected chi connectivity index (χ4v) is 4.15. The van der Waals surface area contributed by atoms with Gasteiger partial charge in [-0.3, -0.25) is 9.52 Å². The first kappa shape index (κ1) is 23.4. The summed E-state index contributed by atoms with van der Waals surface area (Å²) in [4.78, 5) is 12.4. The molecule has 158 valence electrons. The fraction of sp³-hybridized carbons (Fsp3) is 0.381. The quantitative estimate of drug-likeness (QED) is 0.461. The summed E-state index contributed by atoms with van der Waals surface area (Å²) in [6.45, 7) is 5.77. The van der Waals surface area contributed by atoms with Gasteiger partial charge in [-0.05, 0) is 71.6 Å². The number of anilines is 1. The van der Waals surface area contributed by atoms with Crippen molar-refractivity contribution in [3.05, 3.63) is 58.1 Å². The minimum absolute atomic E-state index is 0.0291. The van der Waals surface area contributed by atoms with E-state index >= 15 is 0 Å². The molecule has 0 radical (unpaired) electrons. The highest BCUT2D eigenvalue weighted by Crippen LogP contribution is 2.26. The normalized spacial score (nSPS) is 11.3. The van der Waals surface area contributed by atoms with Crippen molar-refractivity contribution in [2.24, 2.45) is 0 Å². The molecule has 0 heterocycles. The topological polar surface area (TPSA) is 84.5 Å². The average molecular weight is 483 g/mol. The lowest BCUT2D eigenvalue weighted by molar-refractivity contribution is 0.0940. The van der Waals surface area contributed by atoms with Crippen LogP contribution in [0.2, 0.25) is 0 Å². The number of sulfonamides is 1. The molecule has 0 atom stereocenters. The monoisotopic (exact) mass is 482 g/mol. The molecule has 1 amide bonds. The second-order valence-corrected chi connectivity index (χ2v) is 9.23. The molecule has 0 spiro atoms. The molecule has 0 saturated heterocycles. The summed E-state index contributed by atoms with van der Waals surface area (Å²) in [7, 11) is -3.83. The van der Waals surface area contributed by atoms with Crippen molar-refractivity contribution in [2.45, 2.75) is 38.0 Å². The number of aryl methyl sites for hydroxylation is 1. The van der Waals surface area contributed by atoms with E-state index in [-0.39, 0.29) is 10.8 Å². The lowest BCUT2D eigenvalue weighted by atomic mass is 10.2. The third-order valence-electron chi connectivity index (χ3n) is 4.17. The van der Waals surface area contributed by atoms with Gasteiger partial charge in [0, 0.05) is 29.8 Å². The van der Waals surface area contributed by atoms with E-state index in [2.05, 4.69) is 32.9 Å². The van der Waals surface area contributed by atoms with Crippen LogP contribution in [0, 0.1) is 6.92 Å². The Balaban J connectivity index is 1.98. The Bertz CT molecular complexity index is 932. The van der Waals surface area contributed by atoms with Gasteiger partial charge in [-0.15, -0.1) is 0 Å². The second kappa shape index (κ2) is 11.3. The van der Waals surface area contributed by atoms with Gasteiger partial charge >= 0.3 is 0 Å². The van der Waals surface area contributed by atoms with Gasteiger partial charge in [-0.2, -0.15) is 0 Å². The number of carbonyl (C=O) groups is 1. The SMILES string of the molecule is CCCCOCCCNC(=O)c1cccc(S(=O)(=O)Nc2cc(C)ccc2Br)c1. The summed E-state index contributed by atoms with van der Waals surface area (Å²) in [6, 6.07) is 11.4. The van der Waals surface area contributed by atoms with Crippen LogP contribution in [0.15, 0.2) is 51.8 Å². The maximum Gasteiger partial charge on any atom is 0.261 e. The Morgan fingerprint density at radius 3 is 2.62 bits per heavy atom. The molecule has 0 saturated carbocycles. The Hall–Kier alpha value is -1.90. The molecule has 2 aromatic rings. The van der Waals surface area contributed by atoms with Gasteiger partial charge in [0.05, 0.1) is 10.6 Å². The van der Waals surface area contributed by atoms with Gasteiger partial charge < -0.3 is 10.1 Å². The van der Waals surface area contributed by atoms with E-state index in [0.717, 1.165) is 25.0 Å². The Morgan fingerprint density at radius 2 is 1.86 bits per heavy atom. The molecule has 6 nitrogen and oxygen atoms in total. The number of ether oxygens (including phenoxy) is 1. The van der Waals surface area contributed by atoms with Crippen LogP contribution in [0.4, 0.5) is 5.69 Å². The maximum absolute atomic E-state index is 12.7. The summed E-state index contributed by atoms with van der Waals surface area (Å²) in [5.74, 6) is -0.313. The van der Waals surface area contributed by atoms with Crippen LogP contribution in [0.1, 0.15) is 42.1 Å². The van der Waals surface area contributed by atoms with Gasteiger partial charge in [0.1, 0.15) is 0 Å². The Kier molecular flexibility index (Phi) is 9.13. The minimum Gasteiger partial charge on any atom is -0.381 e. The smallest absolute Gasteiger partial charge is 0.261 e. The zero-order valence-corrected chi connectivity index (χ0v) is 19.1. The summed E-state index contributed by atoms with van der Waals surface area (Å²) in [5, 5.41) is 2.79. The van der Waals surface area contributed by atoms with Crippen LogP contribution in [0.5, 0.6) is 0 Å². The van der Waals surface area contributed by atoms with E-state index in [0.29, 0.717) is 35.3 Å². The number of hydrogen-bond donors (Lipinski definition) is 2. The number of unbranched alkanes of at least 4 members (excludes halogenated alkanes) is 1. The summed E-state index contributed by atoms with van der Waals surface area (Å²) < 4.78 is 34.2. The van der Waals surface area contributed by atoms with E-state index in [4.69, 9.17) is 4.74 Å². The number of rotatable bonds is 11. The van der Waals surface area contributed by atoms with Gasteiger partial charge in [0.2, 0.25) is 0 Å². The third kappa shape index (κ3) is 7.45. The van der Waals surface area contributed by atoms with Crippen molar-refractivity contribution in [1.82, 2.24) is 5.32 Å². The van der Waals surface area contributed by atoms with Gasteiger partial charge in [-0.1, -0.05) is 25.5 Å². The molecule has 0 aromatic heterocycles. The zero-order valence-electron chi connectivity index (χ0n) is 16.7. The van der Waals surface area contributed by atoms with Crippen molar-refractivity contribution in [3.63, 3.8) is 0 Å².